The summed E-state index contributed by atoms with van der Waals surface area (Å²) in [4.78, 5) is 0. The highest BCUT2D eigenvalue weighted by atomic mass is 16.3. The Morgan fingerprint density at radius 2 is 1.06 bits per heavy atom. The van der Waals surface area contributed by atoms with Crippen molar-refractivity contribution in [3.63, 3.8) is 0 Å². The van der Waals surface area contributed by atoms with Crippen LogP contribution >= 0.6 is 0 Å². The van der Waals surface area contributed by atoms with Crippen molar-refractivity contribution in [2.45, 2.75) is 98.4 Å². The lowest BCUT2D eigenvalue weighted by Gasteiger charge is -2.64. The molecule has 0 aliphatic carbocycles. The van der Waals surface area contributed by atoms with Gasteiger partial charge in [0, 0.05) is 6.42 Å². The SMILES string of the molecule is CC(O)CC[N+](C(C)(C)C)(C(C)(C)C)C(C)(C)C. The van der Waals surface area contributed by atoms with E-state index >= 15 is 0 Å². The molecule has 2 nitrogen and oxygen atoms in total. The molecule has 0 saturated carbocycles. The van der Waals surface area contributed by atoms with Gasteiger partial charge in [0.05, 0.1) is 29.3 Å². The molecule has 0 fully saturated rings. The summed E-state index contributed by atoms with van der Waals surface area (Å²) < 4.78 is 0.998. The fourth-order valence-electron chi connectivity index (χ4n) is 4.41. The van der Waals surface area contributed by atoms with Gasteiger partial charge in [-0.05, 0) is 69.2 Å². The first-order chi connectivity index (χ1) is 7.67. The first kappa shape index (κ1) is 17.9. The third kappa shape index (κ3) is 3.27. The van der Waals surface area contributed by atoms with E-state index in [1.807, 2.05) is 6.92 Å². The molecule has 0 spiro atoms. The predicted octanol–water partition coefficient (Wildman–Crippen LogP) is 3.97. The maximum Gasteiger partial charge on any atom is 0.0915 e. The third-order valence-corrected chi connectivity index (χ3v) is 4.32. The molecule has 0 aliphatic rings. The summed E-state index contributed by atoms with van der Waals surface area (Å²) in [6.45, 7) is 23.8. The van der Waals surface area contributed by atoms with Gasteiger partial charge < -0.3 is 9.59 Å². The van der Waals surface area contributed by atoms with Crippen molar-refractivity contribution in [2.75, 3.05) is 6.54 Å². The second kappa shape index (κ2) is 5.13. The number of nitrogens with zero attached hydrogens (tertiary/aromatic N) is 1. The average molecular weight is 258 g/mol. The maximum atomic E-state index is 9.70. The van der Waals surface area contributed by atoms with Crippen molar-refractivity contribution in [2.24, 2.45) is 0 Å². The van der Waals surface area contributed by atoms with E-state index in [4.69, 9.17) is 0 Å². The molecule has 0 aromatic carbocycles. The van der Waals surface area contributed by atoms with Gasteiger partial charge in [0.1, 0.15) is 0 Å². The molecule has 1 unspecified atom stereocenters. The van der Waals surface area contributed by atoms with Crippen LogP contribution in [0, 0.1) is 0 Å². The lowest BCUT2D eigenvalue weighted by molar-refractivity contribution is -1.05. The minimum atomic E-state index is -0.227. The number of rotatable bonds is 3. The van der Waals surface area contributed by atoms with Crippen LogP contribution in [0.25, 0.3) is 0 Å². The summed E-state index contributed by atoms with van der Waals surface area (Å²) in [7, 11) is 0. The molecule has 18 heavy (non-hydrogen) atoms. The van der Waals surface area contributed by atoms with Gasteiger partial charge in [0.15, 0.2) is 0 Å². The van der Waals surface area contributed by atoms with E-state index < -0.39 is 0 Å². The van der Waals surface area contributed by atoms with Gasteiger partial charge >= 0.3 is 0 Å². The van der Waals surface area contributed by atoms with Crippen LogP contribution in [-0.2, 0) is 0 Å². The van der Waals surface area contributed by atoms with Crippen LogP contribution in [0.4, 0.5) is 0 Å². The molecule has 1 N–H and O–H groups in total. The number of hydrogen-bond acceptors (Lipinski definition) is 1. The molecule has 0 bridgehead atoms. The molecule has 0 radical (unpaired) electrons. The van der Waals surface area contributed by atoms with Gasteiger partial charge in [-0.2, -0.15) is 0 Å². The largest absolute Gasteiger partial charge is 0.393 e. The zero-order valence-electron chi connectivity index (χ0n) is 14.4. The monoisotopic (exact) mass is 258 g/mol. The number of quaternary nitrogens is 1. The summed E-state index contributed by atoms with van der Waals surface area (Å²) >= 11 is 0. The molecule has 0 rings (SSSR count). The van der Waals surface area contributed by atoms with Crippen LogP contribution in [0.2, 0.25) is 0 Å². The predicted molar refractivity (Wildman–Crippen MR) is 80.7 cm³/mol. The first-order valence-electron chi connectivity index (χ1n) is 7.23. The Hall–Kier alpha value is -0.0800. The lowest BCUT2D eigenvalue weighted by atomic mass is 9.81. The van der Waals surface area contributed by atoms with E-state index in [1.165, 1.54) is 0 Å². The highest BCUT2D eigenvalue weighted by Gasteiger charge is 2.55. The molecule has 2 heteroatoms. The van der Waals surface area contributed by atoms with E-state index in [2.05, 4.69) is 62.3 Å². The van der Waals surface area contributed by atoms with Gasteiger partial charge in [-0.15, -0.1) is 0 Å². The van der Waals surface area contributed by atoms with Crippen LogP contribution in [0.1, 0.15) is 75.7 Å². The molecular weight excluding hydrogens is 222 g/mol. The van der Waals surface area contributed by atoms with Crippen molar-refractivity contribution in [3.8, 4) is 0 Å². The molecule has 0 aliphatic heterocycles. The minimum Gasteiger partial charge on any atom is -0.393 e. The summed E-state index contributed by atoms with van der Waals surface area (Å²) in [5.74, 6) is 0. The highest BCUT2D eigenvalue weighted by Crippen LogP contribution is 2.44. The van der Waals surface area contributed by atoms with Crippen molar-refractivity contribution in [1.82, 2.24) is 0 Å². The van der Waals surface area contributed by atoms with Gasteiger partial charge in [0.25, 0.3) is 0 Å². The third-order valence-electron chi connectivity index (χ3n) is 4.32. The molecular formula is C16H36NO+. The number of aliphatic hydroxyl groups excluding tert-OH is 1. The van der Waals surface area contributed by atoms with Crippen LogP contribution in [0.5, 0.6) is 0 Å². The topological polar surface area (TPSA) is 20.2 Å². The Morgan fingerprint density at radius 3 is 1.22 bits per heavy atom. The number of hydrogen-bond donors (Lipinski definition) is 1. The Balaban J connectivity index is 5.76. The second-order valence-corrected chi connectivity index (χ2v) is 8.68. The van der Waals surface area contributed by atoms with Gasteiger partial charge in [-0.1, -0.05) is 0 Å². The molecule has 0 heterocycles. The Morgan fingerprint density at radius 1 is 0.778 bits per heavy atom. The van der Waals surface area contributed by atoms with Crippen LogP contribution in [0.3, 0.4) is 0 Å². The molecule has 110 valence electrons. The summed E-state index contributed by atoms with van der Waals surface area (Å²) in [5.41, 5.74) is 0.433. The fourth-order valence-corrected chi connectivity index (χ4v) is 4.41. The lowest BCUT2D eigenvalue weighted by Crippen LogP contribution is -2.76. The van der Waals surface area contributed by atoms with E-state index in [1.54, 1.807) is 0 Å². The smallest absolute Gasteiger partial charge is 0.0915 e. The van der Waals surface area contributed by atoms with E-state index in [0.717, 1.165) is 17.4 Å². The highest BCUT2D eigenvalue weighted by molar-refractivity contribution is 4.82. The Kier molecular flexibility index (Phi) is 5.10. The second-order valence-electron chi connectivity index (χ2n) is 8.68. The number of aliphatic hydroxyl groups is 1. The van der Waals surface area contributed by atoms with Gasteiger partial charge in [0.2, 0.25) is 0 Å². The summed E-state index contributed by atoms with van der Waals surface area (Å²) in [6, 6.07) is 0. The zero-order valence-corrected chi connectivity index (χ0v) is 14.4. The normalized spacial score (nSPS) is 16.8. The van der Waals surface area contributed by atoms with Crippen molar-refractivity contribution in [1.29, 1.82) is 0 Å². The standard InChI is InChI=1S/C16H36NO/c1-13(18)11-12-17(14(2,3)4,15(5,6)7)16(8,9)10/h13,18H,11-12H2,1-10H3/q+1. The average Bonchev–Trinajstić information content (AvgIpc) is 1.94. The Labute approximate surface area is 115 Å². The van der Waals surface area contributed by atoms with Crippen molar-refractivity contribution >= 4 is 0 Å². The van der Waals surface area contributed by atoms with Crippen LogP contribution in [0.15, 0.2) is 0 Å². The molecule has 0 aromatic rings. The first-order valence-corrected chi connectivity index (χ1v) is 7.23. The van der Waals surface area contributed by atoms with Gasteiger partial charge in [-0.3, -0.25) is 0 Å². The van der Waals surface area contributed by atoms with E-state index in [0.29, 0.717) is 0 Å². The van der Waals surface area contributed by atoms with Crippen LogP contribution < -0.4 is 0 Å². The minimum absolute atomic E-state index is 0.144. The quantitative estimate of drug-likeness (QED) is 0.760. The van der Waals surface area contributed by atoms with E-state index in [9.17, 15) is 5.11 Å². The molecule has 0 saturated heterocycles. The maximum absolute atomic E-state index is 9.70. The summed E-state index contributed by atoms with van der Waals surface area (Å²) in [6.07, 6.45) is 0.626. The molecule has 0 amide bonds. The van der Waals surface area contributed by atoms with Crippen molar-refractivity contribution < 1.29 is 9.59 Å². The zero-order chi connectivity index (χ0) is 15.0. The van der Waals surface area contributed by atoms with Crippen LogP contribution in [-0.4, -0.2) is 38.9 Å². The molecule has 0 aromatic heterocycles. The Bertz CT molecular complexity index is 224. The molecule has 1 atom stereocenters. The van der Waals surface area contributed by atoms with Gasteiger partial charge in [-0.25, -0.2) is 0 Å². The van der Waals surface area contributed by atoms with Crippen molar-refractivity contribution in [3.05, 3.63) is 0 Å². The van der Waals surface area contributed by atoms with E-state index in [-0.39, 0.29) is 22.7 Å². The summed E-state index contributed by atoms with van der Waals surface area (Å²) in [5, 5.41) is 9.70. The fraction of sp³-hybridized carbons (Fsp3) is 1.00.